The molecule has 4 unspecified atom stereocenters. The van der Waals surface area contributed by atoms with Crippen LogP contribution in [0, 0.1) is 23.6 Å². The molecule has 1 aromatic carbocycles. The first-order valence-corrected chi connectivity index (χ1v) is 9.79. The van der Waals surface area contributed by atoms with Gasteiger partial charge in [0.05, 0.1) is 5.02 Å². The maximum Gasteiger partial charge on any atom is 0.271 e. The highest BCUT2D eigenvalue weighted by molar-refractivity contribution is 6.30. The molecular weight excluding hydrogens is 369 g/mol. The van der Waals surface area contributed by atoms with Gasteiger partial charge < -0.3 is 10.1 Å². The van der Waals surface area contributed by atoms with E-state index in [1.54, 1.807) is 12.3 Å². The number of benzene rings is 1. The molecule has 0 aliphatic heterocycles. The van der Waals surface area contributed by atoms with Crippen LogP contribution in [0.4, 0.5) is 4.39 Å². The number of fused-ring (bicyclic) bond motifs is 2. The second-order valence-corrected chi connectivity index (χ2v) is 8.10. The predicted molar refractivity (Wildman–Crippen MR) is 100 cm³/mol. The summed E-state index contributed by atoms with van der Waals surface area (Å²) < 4.78 is 20.2. The van der Waals surface area contributed by atoms with E-state index in [-0.39, 0.29) is 23.7 Å². The highest BCUT2D eigenvalue weighted by Crippen LogP contribution is 2.49. The summed E-state index contributed by atoms with van der Waals surface area (Å²) >= 11 is 5.74. The Hall–Kier alpha value is -2.08. The van der Waals surface area contributed by atoms with Crippen LogP contribution in [0.5, 0.6) is 5.75 Å². The molecule has 1 aromatic heterocycles. The molecule has 4 rings (SSSR count). The number of nitrogens with zero attached hydrogens (tertiary/aromatic N) is 2. The average molecular weight is 392 g/mol. The van der Waals surface area contributed by atoms with Crippen LogP contribution in [0.2, 0.25) is 5.02 Å². The Bertz CT molecular complexity index is 840. The molecule has 0 saturated heterocycles. The minimum absolute atomic E-state index is 0.00244. The molecular formula is C20H23ClFN3O2. The van der Waals surface area contributed by atoms with Crippen LogP contribution in [-0.4, -0.2) is 21.7 Å². The second-order valence-electron chi connectivity index (χ2n) is 7.69. The van der Waals surface area contributed by atoms with Crippen molar-refractivity contribution in [3.63, 3.8) is 0 Å². The molecule has 2 bridgehead atoms. The van der Waals surface area contributed by atoms with E-state index in [1.807, 2.05) is 0 Å². The van der Waals surface area contributed by atoms with E-state index in [4.69, 9.17) is 16.3 Å². The molecule has 2 aliphatic rings. The van der Waals surface area contributed by atoms with Crippen molar-refractivity contribution in [1.29, 1.82) is 0 Å². The molecule has 5 nitrogen and oxygen atoms in total. The molecule has 1 amide bonds. The van der Waals surface area contributed by atoms with Gasteiger partial charge in [-0.25, -0.2) is 9.07 Å². The molecule has 2 saturated carbocycles. The van der Waals surface area contributed by atoms with Crippen molar-refractivity contribution in [1.82, 2.24) is 15.1 Å². The number of carbonyl (C=O) groups is 1. The van der Waals surface area contributed by atoms with Gasteiger partial charge in [0.15, 0.2) is 6.73 Å². The highest BCUT2D eigenvalue weighted by atomic mass is 35.5. The number of halogens is 2. The van der Waals surface area contributed by atoms with Crippen molar-refractivity contribution >= 4 is 17.5 Å². The molecule has 7 heteroatoms. The lowest BCUT2D eigenvalue weighted by Gasteiger charge is -2.28. The summed E-state index contributed by atoms with van der Waals surface area (Å²) in [6.07, 6.45) is 6.89. The SMILES string of the molecule is CC(NC(=O)c1ccn(COc2ccc(F)c(Cl)c2)n1)C1CC2CCC1C2. The van der Waals surface area contributed by atoms with Crippen molar-refractivity contribution in [2.75, 3.05) is 0 Å². The van der Waals surface area contributed by atoms with E-state index in [0.717, 1.165) is 11.8 Å². The van der Waals surface area contributed by atoms with Crippen molar-refractivity contribution < 1.29 is 13.9 Å². The molecule has 0 spiro atoms. The van der Waals surface area contributed by atoms with Crippen molar-refractivity contribution in [3.05, 3.63) is 47.0 Å². The molecule has 2 fully saturated rings. The van der Waals surface area contributed by atoms with E-state index in [2.05, 4.69) is 17.3 Å². The Morgan fingerprint density at radius 1 is 1.41 bits per heavy atom. The summed E-state index contributed by atoms with van der Waals surface area (Å²) in [4.78, 5) is 12.5. The van der Waals surface area contributed by atoms with Crippen molar-refractivity contribution in [2.24, 2.45) is 17.8 Å². The van der Waals surface area contributed by atoms with Crippen LogP contribution in [0.3, 0.4) is 0 Å². The smallest absolute Gasteiger partial charge is 0.271 e. The van der Waals surface area contributed by atoms with E-state index < -0.39 is 5.82 Å². The van der Waals surface area contributed by atoms with Gasteiger partial charge in [-0.15, -0.1) is 0 Å². The van der Waals surface area contributed by atoms with Gasteiger partial charge in [0.25, 0.3) is 5.91 Å². The number of carbonyl (C=O) groups excluding carboxylic acids is 1. The Morgan fingerprint density at radius 2 is 2.26 bits per heavy atom. The van der Waals surface area contributed by atoms with Crippen LogP contribution in [0.15, 0.2) is 30.5 Å². The number of amides is 1. The fourth-order valence-corrected chi connectivity index (χ4v) is 4.73. The van der Waals surface area contributed by atoms with Crippen molar-refractivity contribution in [3.8, 4) is 5.75 Å². The Balaban J connectivity index is 1.31. The van der Waals surface area contributed by atoms with Crippen LogP contribution in [-0.2, 0) is 6.73 Å². The van der Waals surface area contributed by atoms with Gasteiger partial charge in [-0.3, -0.25) is 4.79 Å². The Labute approximate surface area is 162 Å². The van der Waals surface area contributed by atoms with Gasteiger partial charge in [0.2, 0.25) is 0 Å². The number of rotatable bonds is 6. The van der Waals surface area contributed by atoms with E-state index in [1.165, 1.54) is 48.6 Å². The quantitative estimate of drug-likeness (QED) is 0.800. The average Bonchev–Trinajstić information content (AvgIpc) is 3.39. The van der Waals surface area contributed by atoms with Gasteiger partial charge in [-0.05, 0) is 62.1 Å². The maximum atomic E-state index is 13.2. The Morgan fingerprint density at radius 3 is 2.96 bits per heavy atom. The summed E-state index contributed by atoms with van der Waals surface area (Å²) in [5.74, 6) is 1.99. The first kappa shape index (κ1) is 18.3. The largest absolute Gasteiger partial charge is 0.471 e. The standard InChI is InChI=1S/C20H23ClFN3O2/c1-12(16-9-13-2-3-14(16)8-13)23-20(26)19-6-7-25(24-19)11-27-15-4-5-18(22)17(21)10-15/h4-7,10,12-14,16H,2-3,8-9,11H2,1H3,(H,23,26). The topological polar surface area (TPSA) is 56.2 Å². The lowest BCUT2D eigenvalue weighted by molar-refractivity contribution is 0.0908. The molecule has 1 N–H and O–H groups in total. The summed E-state index contributed by atoms with van der Waals surface area (Å²) in [7, 11) is 0. The second kappa shape index (κ2) is 7.50. The van der Waals surface area contributed by atoms with Crippen LogP contribution >= 0.6 is 11.6 Å². The van der Waals surface area contributed by atoms with E-state index in [9.17, 15) is 9.18 Å². The molecule has 0 radical (unpaired) electrons. The summed E-state index contributed by atoms with van der Waals surface area (Å²) in [5, 5.41) is 7.38. The highest BCUT2D eigenvalue weighted by Gasteiger charge is 2.42. The van der Waals surface area contributed by atoms with Gasteiger partial charge in [-0.2, -0.15) is 5.10 Å². The third-order valence-electron chi connectivity index (χ3n) is 5.92. The molecule has 1 heterocycles. The molecule has 2 aromatic rings. The van der Waals surface area contributed by atoms with Gasteiger partial charge >= 0.3 is 0 Å². The number of hydrogen-bond donors (Lipinski definition) is 1. The lowest BCUT2D eigenvalue weighted by Crippen LogP contribution is -2.40. The number of hydrogen-bond acceptors (Lipinski definition) is 3. The predicted octanol–water partition coefficient (Wildman–Crippen LogP) is 4.27. The monoisotopic (exact) mass is 391 g/mol. The van der Waals surface area contributed by atoms with E-state index >= 15 is 0 Å². The zero-order valence-corrected chi connectivity index (χ0v) is 16.0. The van der Waals surface area contributed by atoms with Crippen molar-refractivity contribution in [2.45, 2.75) is 45.4 Å². The first-order valence-electron chi connectivity index (χ1n) is 9.42. The minimum atomic E-state index is -0.494. The van der Waals surface area contributed by atoms with Crippen LogP contribution in [0.1, 0.15) is 43.1 Å². The number of aromatic nitrogens is 2. The van der Waals surface area contributed by atoms with Gasteiger partial charge in [-0.1, -0.05) is 18.0 Å². The number of ether oxygens (including phenoxy) is 1. The summed E-state index contributed by atoms with van der Waals surface area (Å²) in [6, 6.07) is 5.98. The van der Waals surface area contributed by atoms with Crippen LogP contribution in [0.25, 0.3) is 0 Å². The van der Waals surface area contributed by atoms with E-state index in [0.29, 0.717) is 17.4 Å². The summed E-state index contributed by atoms with van der Waals surface area (Å²) in [6.45, 7) is 2.21. The lowest BCUT2D eigenvalue weighted by atomic mass is 9.84. The van der Waals surface area contributed by atoms with Crippen LogP contribution < -0.4 is 10.1 Å². The zero-order chi connectivity index (χ0) is 19.0. The maximum absolute atomic E-state index is 13.2. The zero-order valence-electron chi connectivity index (χ0n) is 15.2. The number of nitrogens with one attached hydrogen (secondary N) is 1. The first-order chi connectivity index (χ1) is 13.0. The third kappa shape index (κ3) is 3.95. The minimum Gasteiger partial charge on any atom is -0.471 e. The summed E-state index contributed by atoms with van der Waals surface area (Å²) in [5.41, 5.74) is 0.366. The third-order valence-corrected chi connectivity index (χ3v) is 6.21. The fraction of sp³-hybridized carbons (Fsp3) is 0.500. The molecule has 27 heavy (non-hydrogen) atoms. The normalized spacial score (nSPS) is 24.8. The molecule has 4 atom stereocenters. The fourth-order valence-electron chi connectivity index (χ4n) is 4.56. The molecule has 2 aliphatic carbocycles. The van der Waals surface area contributed by atoms with Gasteiger partial charge in [0.1, 0.15) is 17.3 Å². The van der Waals surface area contributed by atoms with Gasteiger partial charge in [0, 0.05) is 18.3 Å². The molecule has 144 valence electrons. The Kier molecular flexibility index (Phi) is 5.08.